The van der Waals surface area contributed by atoms with Gasteiger partial charge in [-0.15, -0.1) is 0 Å². The molecule has 1 amide bonds. The van der Waals surface area contributed by atoms with Crippen molar-refractivity contribution in [3.63, 3.8) is 0 Å². The van der Waals surface area contributed by atoms with Crippen molar-refractivity contribution in [2.75, 3.05) is 29.9 Å². The molecule has 0 radical (unpaired) electrons. The Kier molecular flexibility index (Phi) is 6.55. The van der Waals surface area contributed by atoms with E-state index in [2.05, 4.69) is 25.3 Å². The monoisotopic (exact) mass is 541 g/mol. The van der Waals surface area contributed by atoms with Crippen molar-refractivity contribution in [2.45, 2.75) is 26.8 Å². The lowest BCUT2D eigenvalue weighted by Crippen LogP contribution is -2.43. The molecule has 38 heavy (non-hydrogen) atoms. The fourth-order valence-electron chi connectivity index (χ4n) is 4.49. The third-order valence-corrected chi connectivity index (χ3v) is 7.95. The van der Waals surface area contributed by atoms with E-state index in [1.54, 1.807) is 19.1 Å². The molecule has 1 saturated heterocycles. The number of aromatic nitrogens is 5. The Labute approximate surface area is 217 Å². The lowest BCUT2D eigenvalue weighted by molar-refractivity contribution is 0.0770. The fourth-order valence-corrected chi connectivity index (χ4v) is 5.70. The normalized spacial score (nSPS) is 15.3. The number of sulfone groups is 1. The van der Waals surface area contributed by atoms with Crippen molar-refractivity contribution in [1.82, 2.24) is 29.4 Å². The maximum absolute atomic E-state index is 14.9. The third-order valence-electron chi connectivity index (χ3n) is 6.34. The molecule has 5 rings (SSSR count). The van der Waals surface area contributed by atoms with Crippen molar-refractivity contribution >= 4 is 38.5 Å². The second-order valence-electron chi connectivity index (χ2n) is 9.34. The summed E-state index contributed by atoms with van der Waals surface area (Å²) in [5.41, 5.74) is 1.18. The topological polar surface area (TPSA) is 123 Å². The SMILES string of the molecule is Cc1nc2c(F)cc(-c3nc(Nc4ccc(C(=O)N5CCS(=O)(=O)CC5)cn4)ncc3F)cc2n1C(C)C. The van der Waals surface area contributed by atoms with E-state index in [9.17, 15) is 22.0 Å². The van der Waals surface area contributed by atoms with Crippen LogP contribution in [0.1, 0.15) is 36.1 Å². The molecular weight excluding hydrogens is 516 g/mol. The van der Waals surface area contributed by atoms with Crippen LogP contribution in [-0.4, -0.2) is 68.3 Å². The summed E-state index contributed by atoms with van der Waals surface area (Å²) in [5, 5.41) is 2.87. The van der Waals surface area contributed by atoms with Crippen LogP contribution >= 0.6 is 0 Å². The summed E-state index contributed by atoms with van der Waals surface area (Å²) in [6, 6.07) is 5.95. The Balaban J connectivity index is 1.39. The van der Waals surface area contributed by atoms with Gasteiger partial charge in [0.15, 0.2) is 21.5 Å². The summed E-state index contributed by atoms with van der Waals surface area (Å²) in [4.78, 5) is 30.9. The highest BCUT2D eigenvalue weighted by atomic mass is 32.2. The quantitative estimate of drug-likeness (QED) is 0.406. The van der Waals surface area contributed by atoms with Gasteiger partial charge < -0.3 is 14.8 Å². The maximum Gasteiger partial charge on any atom is 0.255 e. The van der Waals surface area contributed by atoms with Crippen LogP contribution in [-0.2, 0) is 9.84 Å². The number of benzene rings is 1. The van der Waals surface area contributed by atoms with Crippen LogP contribution < -0.4 is 5.32 Å². The number of carbonyl (C=O) groups excluding carboxylic acids is 1. The molecule has 1 aromatic carbocycles. The van der Waals surface area contributed by atoms with Gasteiger partial charge in [-0.2, -0.15) is 0 Å². The van der Waals surface area contributed by atoms with Gasteiger partial charge in [-0.25, -0.2) is 37.1 Å². The average Bonchev–Trinajstić information content (AvgIpc) is 3.22. The Morgan fingerprint density at radius 3 is 2.42 bits per heavy atom. The van der Waals surface area contributed by atoms with Gasteiger partial charge in [0, 0.05) is 30.9 Å². The van der Waals surface area contributed by atoms with Crippen molar-refractivity contribution in [2.24, 2.45) is 0 Å². The third kappa shape index (κ3) is 4.93. The number of hydrogen-bond acceptors (Lipinski definition) is 8. The molecule has 4 heterocycles. The van der Waals surface area contributed by atoms with E-state index in [1.165, 1.54) is 23.2 Å². The first-order valence-corrected chi connectivity index (χ1v) is 13.8. The zero-order chi connectivity index (χ0) is 27.2. The van der Waals surface area contributed by atoms with Gasteiger partial charge in [0.05, 0.1) is 28.8 Å². The largest absolute Gasteiger partial charge is 0.337 e. The molecular formula is C25H25F2N7O3S. The number of nitrogens with zero attached hydrogens (tertiary/aromatic N) is 6. The van der Waals surface area contributed by atoms with Crippen molar-refractivity contribution < 1.29 is 22.0 Å². The molecule has 0 spiro atoms. The number of rotatable bonds is 5. The highest BCUT2D eigenvalue weighted by Crippen LogP contribution is 2.30. The van der Waals surface area contributed by atoms with Gasteiger partial charge >= 0.3 is 0 Å². The van der Waals surface area contributed by atoms with Crippen LogP contribution in [0.2, 0.25) is 0 Å². The van der Waals surface area contributed by atoms with Crippen LogP contribution in [0, 0.1) is 18.6 Å². The molecule has 198 valence electrons. The fraction of sp³-hybridized carbons (Fsp3) is 0.320. The van der Waals surface area contributed by atoms with E-state index in [4.69, 9.17) is 0 Å². The van der Waals surface area contributed by atoms with E-state index < -0.39 is 21.5 Å². The minimum absolute atomic E-state index is 0.0194. The highest BCUT2D eigenvalue weighted by molar-refractivity contribution is 7.91. The van der Waals surface area contributed by atoms with E-state index in [0.717, 1.165) is 6.20 Å². The smallest absolute Gasteiger partial charge is 0.255 e. The Morgan fingerprint density at radius 1 is 1.03 bits per heavy atom. The van der Waals surface area contributed by atoms with Crippen LogP contribution in [0.25, 0.3) is 22.3 Å². The molecule has 0 bridgehead atoms. The van der Waals surface area contributed by atoms with E-state index >= 15 is 0 Å². The molecule has 1 aliphatic rings. The first-order valence-electron chi connectivity index (χ1n) is 12.0. The summed E-state index contributed by atoms with van der Waals surface area (Å²) in [6.07, 6.45) is 2.34. The molecule has 0 atom stereocenters. The summed E-state index contributed by atoms with van der Waals surface area (Å²) < 4.78 is 54.8. The number of amides is 1. The highest BCUT2D eigenvalue weighted by Gasteiger charge is 2.26. The zero-order valence-corrected chi connectivity index (χ0v) is 21.8. The first-order chi connectivity index (χ1) is 18.0. The number of anilines is 2. The number of imidazole rings is 1. The molecule has 1 N–H and O–H groups in total. The molecule has 0 unspecified atom stereocenters. The molecule has 1 aliphatic heterocycles. The number of nitrogens with one attached hydrogen (secondary N) is 1. The zero-order valence-electron chi connectivity index (χ0n) is 20.9. The van der Waals surface area contributed by atoms with Gasteiger partial charge in [-0.3, -0.25) is 4.79 Å². The molecule has 0 saturated carbocycles. The summed E-state index contributed by atoms with van der Waals surface area (Å²) >= 11 is 0. The minimum Gasteiger partial charge on any atom is -0.337 e. The van der Waals surface area contributed by atoms with E-state index in [1.807, 2.05) is 18.4 Å². The Bertz CT molecular complexity index is 1640. The van der Waals surface area contributed by atoms with Gasteiger partial charge in [0.1, 0.15) is 22.9 Å². The summed E-state index contributed by atoms with van der Waals surface area (Å²) in [5.74, 6) is -0.764. The lowest BCUT2D eigenvalue weighted by Gasteiger charge is -2.26. The van der Waals surface area contributed by atoms with Gasteiger partial charge in [0.25, 0.3) is 5.91 Å². The number of fused-ring (bicyclic) bond motifs is 1. The second kappa shape index (κ2) is 9.71. The molecule has 1 fully saturated rings. The van der Waals surface area contributed by atoms with Gasteiger partial charge in [-0.05, 0) is 45.0 Å². The Hall–Kier alpha value is -4.00. The first kappa shape index (κ1) is 25.6. The number of halogens is 2. The standard InChI is InChI=1S/C25H25F2N7O3S/c1-14(2)34-15(3)30-23-18(26)10-17(11-20(23)34)22-19(27)13-29-25(32-22)31-21-5-4-16(12-28-21)24(35)33-6-8-38(36,37)9-7-33/h4-5,10-14H,6-9H2,1-3H3,(H,28,29,31,32). The predicted molar refractivity (Wildman–Crippen MR) is 138 cm³/mol. The van der Waals surface area contributed by atoms with Crippen LogP contribution in [0.4, 0.5) is 20.5 Å². The van der Waals surface area contributed by atoms with Crippen LogP contribution in [0.15, 0.2) is 36.7 Å². The van der Waals surface area contributed by atoms with Gasteiger partial charge in [0.2, 0.25) is 5.95 Å². The molecule has 13 heteroatoms. The second-order valence-corrected chi connectivity index (χ2v) is 11.6. The molecule has 3 aromatic heterocycles. The minimum atomic E-state index is -3.10. The van der Waals surface area contributed by atoms with E-state index in [0.29, 0.717) is 22.7 Å². The molecule has 0 aliphatic carbocycles. The van der Waals surface area contributed by atoms with Crippen LogP contribution in [0.3, 0.4) is 0 Å². The average molecular weight is 542 g/mol. The predicted octanol–water partition coefficient (Wildman–Crippen LogP) is 3.67. The number of aryl methyl sites for hydroxylation is 1. The van der Waals surface area contributed by atoms with Crippen molar-refractivity contribution in [3.05, 3.63) is 59.7 Å². The van der Waals surface area contributed by atoms with Crippen molar-refractivity contribution in [3.8, 4) is 11.3 Å². The molecule has 10 nitrogen and oxygen atoms in total. The van der Waals surface area contributed by atoms with Crippen LogP contribution in [0.5, 0.6) is 0 Å². The lowest BCUT2D eigenvalue weighted by atomic mass is 10.1. The number of carbonyl (C=O) groups is 1. The summed E-state index contributed by atoms with van der Waals surface area (Å²) in [6.45, 7) is 5.97. The number of pyridine rings is 1. The van der Waals surface area contributed by atoms with Crippen molar-refractivity contribution in [1.29, 1.82) is 0 Å². The van der Waals surface area contributed by atoms with E-state index in [-0.39, 0.29) is 59.3 Å². The number of hydrogen-bond donors (Lipinski definition) is 1. The summed E-state index contributed by atoms with van der Waals surface area (Å²) in [7, 11) is -3.10. The molecule has 4 aromatic rings. The van der Waals surface area contributed by atoms with Gasteiger partial charge in [-0.1, -0.05) is 0 Å². The Morgan fingerprint density at radius 2 is 1.76 bits per heavy atom. The maximum atomic E-state index is 14.9.